The molecule has 6 nitrogen and oxygen atoms in total. The predicted octanol–water partition coefficient (Wildman–Crippen LogP) is 2.62. The van der Waals surface area contributed by atoms with Gasteiger partial charge in [-0.05, 0) is 44.7 Å². The van der Waals surface area contributed by atoms with Crippen LogP contribution in [0.15, 0.2) is 30.9 Å². The van der Waals surface area contributed by atoms with Gasteiger partial charge in [0.1, 0.15) is 18.5 Å². The molecule has 2 aromatic rings. The molecule has 1 atom stereocenters. The van der Waals surface area contributed by atoms with Gasteiger partial charge in [0.2, 0.25) is 0 Å². The number of nitrogens with one attached hydrogen (secondary N) is 1. The highest BCUT2D eigenvalue weighted by atomic mass is 19.1. The number of benzene rings is 1. The molecule has 25 heavy (non-hydrogen) atoms. The zero-order valence-electron chi connectivity index (χ0n) is 13.9. The fourth-order valence-electron chi connectivity index (χ4n) is 3.05. The van der Waals surface area contributed by atoms with Crippen LogP contribution in [-0.4, -0.2) is 32.8 Å². The van der Waals surface area contributed by atoms with Gasteiger partial charge in [-0.2, -0.15) is 0 Å². The number of hydrogen-bond acceptors (Lipinski definition) is 4. The highest BCUT2D eigenvalue weighted by Crippen LogP contribution is 2.28. The van der Waals surface area contributed by atoms with Crippen LogP contribution in [0, 0.1) is 11.6 Å². The smallest absolute Gasteiger partial charge is 0.260 e. The zero-order chi connectivity index (χ0) is 17.8. The molecular weight excluding hydrogens is 330 g/mol. The molecule has 1 aromatic carbocycles. The van der Waals surface area contributed by atoms with E-state index in [0.717, 1.165) is 37.8 Å². The molecule has 0 radical (unpaired) electrons. The highest BCUT2D eigenvalue weighted by Gasteiger charge is 2.25. The van der Waals surface area contributed by atoms with E-state index in [2.05, 4.69) is 15.5 Å². The van der Waals surface area contributed by atoms with Gasteiger partial charge in [0.05, 0.1) is 0 Å². The lowest BCUT2D eigenvalue weighted by molar-refractivity contribution is -0.128. The molecule has 1 aliphatic carbocycles. The zero-order valence-corrected chi connectivity index (χ0v) is 13.9. The summed E-state index contributed by atoms with van der Waals surface area (Å²) in [5, 5.41) is 10.6. The molecule has 0 bridgehead atoms. The summed E-state index contributed by atoms with van der Waals surface area (Å²) in [5.41, 5.74) is 0. The third-order valence-electron chi connectivity index (χ3n) is 4.47. The van der Waals surface area contributed by atoms with E-state index in [1.807, 2.05) is 4.57 Å². The summed E-state index contributed by atoms with van der Waals surface area (Å²) in [7, 11) is 0. The minimum absolute atomic E-state index is 0.0596. The predicted molar refractivity (Wildman–Crippen MR) is 85.9 cm³/mol. The topological polar surface area (TPSA) is 69.0 Å². The third kappa shape index (κ3) is 4.32. The van der Waals surface area contributed by atoms with Gasteiger partial charge in [-0.1, -0.05) is 0 Å². The van der Waals surface area contributed by atoms with Crippen LogP contribution in [0.4, 0.5) is 8.78 Å². The molecule has 8 heteroatoms. The van der Waals surface area contributed by atoms with E-state index in [0.29, 0.717) is 6.04 Å². The van der Waals surface area contributed by atoms with Gasteiger partial charge in [-0.15, -0.1) is 10.2 Å². The van der Waals surface area contributed by atoms with Crippen molar-refractivity contribution >= 4 is 5.91 Å². The molecule has 1 N–H and O–H groups in total. The van der Waals surface area contributed by atoms with E-state index in [9.17, 15) is 13.6 Å². The fourth-order valence-corrected chi connectivity index (χ4v) is 3.05. The Balaban J connectivity index is 1.49. The molecule has 0 aliphatic heterocycles. The molecule has 1 heterocycles. The molecular formula is C17H20F2N4O2. The highest BCUT2D eigenvalue weighted by molar-refractivity contribution is 5.81. The largest absolute Gasteiger partial charge is 0.478 e. The monoisotopic (exact) mass is 350 g/mol. The SMILES string of the molecule is C[C@@H](Oc1ccc(F)cc1F)C(=O)NC1CCC(n2cnnc2)CC1. The number of amides is 1. The lowest BCUT2D eigenvalue weighted by Crippen LogP contribution is -2.44. The van der Waals surface area contributed by atoms with Crippen molar-refractivity contribution in [1.29, 1.82) is 0 Å². The van der Waals surface area contributed by atoms with Crippen LogP contribution in [-0.2, 0) is 4.79 Å². The summed E-state index contributed by atoms with van der Waals surface area (Å²) in [5.74, 6) is -1.96. The van der Waals surface area contributed by atoms with Crippen molar-refractivity contribution in [2.24, 2.45) is 0 Å². The van der Waals surface area contributed by atoms with Gasteiger partial charge in [0.25, 0.3) is 5.91 Å². The second kappa shape index (κ2) is 7.58. The number of carbonyl (C=O) groups excluding carboxylic acids is 1. The minimum atomic E-state index is -0.865. The van der Waals surface area contributed by atoms with Crippen molar-refractivity contribution in [3.8, 4) is 5.75 Å². The van der Waals surface area contributed by atoms with E-state index in [1.165, 1.54) is 6.07 Å². The Labute approximate surface area is 144 Å². The summed E-state index contributed by atoms with van der Waals surface area (Å²) in [6.45, 7) is 1.54. The van der Waals surface area contributed by atoms with E-state index in [1.54, 1.807) is 19.6 Å². The second-order valence-electron chi connectivity index (χ2n) is 6.26. The number of nitrogens with zero attached hydrogens (tertiary/aromatic N) is 3. The summed E-state index contributed by atoms with van der Waals surface area (Å²) in [6.07, 6.45) is 6.07. The van der Waals surface area contributed by atoms with Crippen LogP contribution in [0.1, 0.15) is 38.6 Å². The molecule has 1 aromatic heterocycles. The van der Waals surface area contributed by atoms with Crippen LogP contribution in [0.25, 0.3) is 0 Å². The quantitative estimate of drug-likeness (QED) is 0.900. The molecule has 3 rings (SSSR count). The standard InChI is InChI=1S/C17H20F2N4O2/c1-11(25-16-7-2-12(18)8-15(16)19)17(24)22-13-3-5-14(6-4-13)23-9-20-21-10-23/h2,7-11,13-14H,3-6H2,1H3,(H,22,24)/t11-,13?,14?/m1/s1. The Morgan fingerprint density at radius 2 is 1.92 bits per heavy atom. The van der Waals surface area contributed by atoms with Crippen LogP contribution in [0.3, 0.4) is 0 Å². The summed E-state index contributed by atoms with van der Waals surface area (Å²) in [6, 6.07) is 3.41. The Hall–Kier alpha value is -2.51. The number of aromatic nitrogens is 3. The molecule has 1 amide bonds. The first-order chi connectivity index (χ1) is 12.0. The maximum atomic E-state index is 13.6. The second-order valence-corrected chi connectivity index (χ2v) is 6.26. The molecule has 0 spiro atoms. The number of ether oxygens (including phenoxy) is 1. The molecule has 1 saturated carbocycles. The summed E-state index contributed by atoms with van der Waals surface area (Å²) < 4.78 is 33.8. The average Bonchev–Trinajstić information content (AvgIpc) is 3.12. The third-order valence-corrected chi connectivity index (χ3v) is 4.47. The lowest BCUT2D eigenvalue weighted by atomic mass is 9.91. The Kier molecular flexibility index (Phi) is 5.25. The van der Waals surface area contributed by atoms with Gasteiger partial charge >= 0.3 is 0 Å². The van der Waals surface area contributed by atoms with E-state index >= 15 is 0 Å². The minimum Gasteiger partial charge on any atom is -0.478 e. The van der Waals surface area contributed by atoms with Gasteiger partial charge < -0.3 is 14.6 Å². The number of rotatable bonds is 5. The molecule has 0 saturated heterocycles. The Bertz CT molecular complexity index is 715. The first-order valence-corrected chi connectivity index (χ1v) is 8.29. The van der Waals surface area contributed by atoms with Crippen molar-refractivity contribution in [1.82, 2.24) is 20.1 Å². The summed E-state index contributed by atoms with van der Waals surface area (Å²) in [4.78, 5) is 12.2. The van der Waals surface area contributed by atoms with Crippen molar-refractivity contribution < 1.29 is 18.3 Å². The fraction of sp³-hybridized carbons (Fsp3) is 0.471. The van der Waals surface area contributed by atoms with Crippen molar-refractivity contribution in [2.45, 2.75) is 50.8 Å². The summed E-state index contributed by atoms with van der Waals surface area (Å²) >= 11 is 0. The Morgan fingerprint density at radius 1 is 1.24 bits per heavy atom. The molecule has 1 fully saturated rings. The molecule has 1 aliphatic rings. The van der Waals surface area contributed by atoms with E-state index in [4.69, 9.17) is 4.74 Å². The first kappa shape index (κ1) is 17.3. The van der Waals surface area contributed by atoms with Crippen molar-refractivity contribution in [2.75, 3.05) is 0 Å². The van der Waals surface area contributed by atoms with Crippen LogP contribution < -0.4 is 10.1 Å². The molecule has 0 unspecified atom stereocenters. The van der Waals surface area contributed by atoms with Gasteiger partial charge in [-0.3, -0.25) is 4.79 Å². The van der Waals surface area contributed by atoms with Crippen molar-refractivity contribution in [3.63, 3.8) is 0 Å². The van der Waals surface area contributed by atoms with Gasteiger partial charge in [0, 0.05) is 18.2 Å². The average molecular weight is 350 g/mol. The molecule has 134 valence electrons. The van der Waals surface area contributed by atoms with Crippen LogP contribution >= 0.6 is 0 Å². The number of hydrogen-bond donors (Lipinski definition) is 1. The van der Waals surface area contributed by atoms with E-state index in [-0.39, 0.29) is 17.7 Å². The lowest BCUT2D eigenvalue weighted by Gasteiger charge is -2.30. The first-order valence-electron chi connectivity index (χ1n) is 8.29. The van der Waals surface area contributed by atoms with Crippen LogP contribution in [0.2, 0.25) is 0 Å². The van der Waals surface area contributed by atoms with Gasteiger partial charge in [0.15, 0.2) is 17.7 Å². The number of halogens is 2. The van der Waals surface area contributed by atoms with Crippen molar-refractivity contribution in [3.05, 3.63) is 42.5 Å². The number of carbonyl (C=O) groups is 1. The maximum absolute atomic E-state index is 13.6. The Morgan fingerprint density at radius 3 is 2.56 bits per heavy atom. The maximum Gasteiger partial charge on any atom is 0.260 e. The van der Waals surface area contributed by atoms with Gasteiger partial charge in [-0.25, -0.2) is 8.78 Å². The van der Waals surface area contributed by atoms with Crippen LogP contribution in [0.5, 0.6) is 5.75 Å². The van der Waals surface area contributed by atoms with E-state index < -0.39 is 17.7 Å². The normalized spacial score (nSPS) is 21.6.